The van der Waals surface area contributed by atoms with Crippen molar-refractivity contribution in [2.24, 2.45) is 0 Å². The van der Waals surface area contributed by atoms with Crippen LogP contribution in [0.15, 0.2) is 40.9 Å². The van der Waals surface area contributed by atoms with Crippen molar-refractivity contribution < 1.29 is 18.8 Å². The molecule has 0 unspecified atom stereocenters. The van der Waals surface area contributed by atoms with Crippen LogP contribution >= 0.6 is 15.9 Å². The quantitative estimate of drug-likeness (QED) is 0.500. The van der Waals surface area contributed by atoms with E-state index in [4.69, 9.17) is 0 Å². The molecule has 0 saturated heterocycles. The fourth-order valence-corrected chi connectivity index (χ4v) is 2.09. The molecule has 114 valence electrons. The van der Waals surface area contributed by atoms with Gasteiger partial charge in [-0.2, -0.15) is 0 Å². The molecule has 8 heteroatoms. The zero-order chi connectivity index (χ0) is 16.3. The van der Waals surface area contributed by atoms with E-state index in [1.165, 1.54) is 43.5 Å². The van der Waals surface area contributed by atoms with Gasteiger partial charge >= 0.3 is 5.97 Å². The number of nitrogens with zero attached hydrogens (tertiary/aromatic N) is 1. The van der Waals surface area contributed by atoms with E-state index < -0.39 is 22.4 Å². The maximum absolute atomic E-state index is 14.1. The predicted octanol–water partition coefficient (Wildman–Crippen LogP) is 4.03. The largest absolute Gasteiger partial charge is 0.465 e. The number of nitrogens with one attached hydrogen (secondary N) is 1. The van der Waals surface area contributed by atoms with Crippen LogP contribution < -0.4 is 5.32 Å². The lowest BCUT2D eigenvalue weighted by Crippen LogP contribution is -2.03. The Kier molecular flexibility index (Phi) is 4.71. The van der Waals surface area contributed by atoms with Gasteiger partial charge in [0.15, 0.2) is 11.5 Å². The highest BCUT2D eigenvalue weighted by Gasteiger charge is 2.20. The maximum atomic E-state index is 14.1. The number of rotatable bonds is 4. The number of benzene rings is 2. The Morgan fingerprint density at radius 3 is 2.45 bits per heavy atom. The Bertz CT molecular complexity index is 734. The van der Waals surface area contributed by atoms with Crippen LogP contribution in [0.3, 0.4) is 0 Å². The van der Waals surface area contributed by atoms with Crippen LogP contribution in [0.4, 0.5) is 21.5 Å². The Morgan fingerprint density at radius 1 is 1.27 bits per heavy atom. The van der Waals surface area contributed by atoms with Crippen LogP contribution in [0.5, 0.6) is 0 Å². The molecule has 0 aliphatic heterocycles. The third kappa shape index (κ3) is 3.22. The summed E-state index contributed by atoms with van der Waals surface area (Å²) in [5.74, 6) is -1.28. The molecule has 0 aliphatic rings. The highest BCUT2D eigenvalue weighted by molar-refractivity contribution is 9.10. The zero-order valence-corrected chi connectivity index (χ0v) is 12.9. The fourth-order valence-electron chi connectivity index (χ4n) is 1.76. The predicted molar refractivity (Wildman–Crippen MR) is 81.8 cm³/mol. The van der Waals surface area contributed by atoms with Crippen molar-refractivity contribution in [2.45, 2.75) is 0 Å². The number of nitro groups is 1. The molecule has 2 rings (SSSR count). The van der Waals surface area contributed by atoms with Crippen molar-refractivity contribution in [3.05, 3.63) is 62.4 Å². The van der Waals surface area contributed by atoms with E-state index in [1.807, 2.05) is 0 Å². The van der Waals surface area contributed by atoms with Crippen molar-refractivity contribution in [3.8, 4) is 0 Å². The summed E-state index contributed by atoms with van der Waals surface area (Å²) < 4.78 is 18.8. The van der Waals surface area contributed by atoms with E-state index in [0.29, 0.717) is 11.3 Å². The lowest BCUT2D eigenvalue weighted by Gasteiger charge is -2.09. The molecule has 0 aromatic heterocycles. The van der Waals surface area contributed by atoms with Gasteiger partial charge in [0.25, 0.3) is 5.69 Å². The highest BCUT2D eigenvalue weighted by Crippen LogP contribution is 2.34. The molecule has 0 aliphatic carbocycles. The number of halogens is 2. The number of esters is 1. The third-order valence-corrected chi connectivity index (χ3v) is 3.46. The van der Waals surface area contributed by atoms with Crippen molar-refractivity contribution in [3.63, 3.8) is 0 Å². The molecule has 0 bridgehead atoms. The van der Waals surface area contributed by atoms with Gasteiger partial charge in [-0.25, -0.2) is 9.18 Å². The zero-order valence-electron chi connectivity index (χ0n) is 11.3. The highest BCUT2D eigenvalue weighted by atomic mass is 79.9. The molecule has 2 aromatic rings. The lowest BCUT2D eigenvalue weighted by molar-refractivity contribution is -0.384. The molecule has 0 amide bonds. The molecule has 0 fully saturated rings. The number of nitro benzene ring substituents is 1. The normalized spacial score (nSPS) is 10.1. The number of carbonyl (C=O) groups excluding carboxylic acids is 1. The van der Waals surface area contributed by atoms with E-state index in [-0.39, 0.29) is 10.2 Å². The number of carbonyl (C=O) groups is 1. The minimum atomic E-state index is -0.772. The molecule has 0 atom stereocenters. The summed E-state index contributed by atoms with van der Waals surface area (Å²) in [5.41, 5.74) is 0.0629. The fraction of sp³-hybridized carbons (Fsp3) is 0.0714. The monoisotopic (exact) mass is 368 g/mol. The maximum Gasteiger partial charge on any atom is 0.337 e. The number of hydrogen-bond donors (Lipinski definition) is 1. The summed E-state index contributed by atoms with van der Waals surface area (Å²) in [6.07, 6.45) is 0. The summed E-state index contributed by atoms with van der Waals surface area (Å²) in [7, 11) is 1.26. The van der Waals surface area contributed by atoms with Crippen molar-refractivity contribution in [1.82, 2.24) is 0 Å². The van der Waals surface area contributed by atoms with E-state index >= 15 is 0 Å². The second-order valence-corrected chi connectivity index (χ2v) is 5.06. The number of anilines is 2. The Labute approximate surface area is 133 Å². The van der Waals surface area contributed by atoms with E-state index in [9.17, 15) is 19.3 Å². The van der Waals surface area contributed by atoms with Crippen molar-refractivity contribution >= 4 is 39.0 Å². The molecule has 6 nitrogen and oxygen atoms in total. The van der Waals surface area contributed by atoms with Crippen LogP contribution in [0.2, 0.25) is 0 Å². The summed E-state index contributed by atoms with van der Waals surface area (Å²) in [4.78, 5) is 21.6. The number of hydrogen-bond acceptors (Lipinski definition) is 5. The van der Waals surface area contributed by atoms with Crippen LogP contribution in [0.1, 0.15) is 10.4 Å². The average molecular weight is 369 g/mol. The van der Waals surface area contributed by atoms with Crippen LogP contribution in [0.25, 0.3) is 0 Å². The first-order valence-corrected chi connectivity index (χ1v) is 6.81. The Balaban J connectivity index is 2.36. The second kappa shape index (κ2) is 6.52. The van der Waals surface area contributed by atoms with E-state index in [0.717, 1.165) is 0 Å². The number of methoxy groups -OCH3 is 1. The standard InChI is InChI=1S/C14H10BrFN2O4/c1-22-14(19)8-2-4-9(5-3-8)17-13-11(18(20)21)7-6-10(15)12(13)16/h2-7,17H,1H3. The summed E-state index contributed by atoms with van der Waals surface area (Å²) in [6, 6.07) is 8.38. The molecular formula is C14H10BrFN2O4. The molecule has 1 N–H and O–H groups in total. The minimum Gasteiger partial charge on any atom is -0.465 e. The van der Waals surface area contributed by atoms with Gasteiger partial charge in [0.05, 0.1) is 22.1 Å². The van der Waals surface area contributed by atoms with Gasteiger partial charge < -0.3 is 10.1 Å². The minimum absolute atomic E-state index is 0.104. The second-order valence-electron chi connectivity index (χ2n) is 4.21. The lowest BCUT2D eigenvalue weighted by atomic mass is 10.2. The van der Waals surface area contributed by atoms with E-state index in [1.54, 1.807) is 0 Å². The van der Waals surface area contributed by atoms with Gasteiger partial charge in [-0.3, -0.25) is 10.1 Å². The topological polar surface area (TPSA) is 81.5 Å². The first kappa shape index (κ1) is 15.9. The first-order chi connectivity index (χ1) is 10.4. The van der Waals surface area contributed by atoms with Gasteiger partial charge in [0, 0.05) is 11.8 Å². The van der Waals surface area contributed by atoms with Gasteiger partial charge in [-0.05, 0) is 46.3 Å². The van der Waals surface area contributed by atoms with Gasteiger partial charge in [0.1, 0.15) is 0 Å². The molecule has 0 spiro atoms. The van der Waals surface area contributed by atoms with E-state index in [2.05, 4.69) is 26.0 Å². The molecule has 0 heterocycles. The smallest absolute Gasteiger partial charge is 0.337 e. The van der Waals surface area contributed by atoms with Crippen LogP contribution in [-0.4, -0.2) is 18.0 Å². The number of ether oxygens (including phenoxy) is 1. The van der Waals surface area contributed by atoms with Crippen LogP contribution in [0, 0.1) is 15.9 Å². The molecule has 0 saturated carbocycles. The SMILES string of the molecule is COC(=O)c1ccc(Nc2c([N+](=O)[O-])ccc(Br)c2F)cc1. The molecule has 2 aromatic carbocycles. The average Bonchev–Trinajstić information content (AvgIpc) is 2.51. The van der Waals surface area contributed by atoms with Gasteiger partial charge in [0.2, 0.25) is 0 Å². The van der Waals surface area contributed by atoms with Gasteiger partial charge in [-0.1, -0.05) is 0 Å². The summed E-state index contributed by atoms with van der Waals surface area (Å²) in [6.45, 7) is 0. The molecular weight excluding hydrogens is 359 g/mol. The Hall–Kier alpha value is -2.48. The first-order valence-electron chi connectivity index (χ1n) is 6.02. The summed E-state index contributed by atoms with van der Waals surface area (Å²) >= 11 is 2.98. The molecule has 0 radical (unpaired) electrons. The van der Waals surface area contributed by atoms with Crippen molar-refractivity contribution in [1.29, 1.82) is 0 Å². The Morgan fingerprint density at radius 2 is 1.91 bits per heavy atom. The van der Waals surface area contributed by atoms with Crippen LogP contribution in [-0.2, 0) is 4.74 Å². The molecule has 22 heavy (non-hydrogen) atoms. The third-order valence-electron chi connectivity index (χ3n) is 2.84. The van der Waals surface area contributed by atoms with Gasteiger partial charge in [-0.15, -0.1) is 0 Å². The van der Waals surface area contributed by atoms with Crippen molar-refractivity contribution in [2.75, 3.05) is 12.4 Å². The summed E-state index contributed by atoms with van der Waals surface area (Å²) in [5, 5.41) is 13.6.